The van der Waals surface area contributed by atoms with E-state index in [1.807, 2.05) is 12.3 Å². The Morgan fingerprint density at radius 1 is 1.89 bits per heavy atom. The van der Waals surface area contributed by atoms with Crippen LogP contribution in [0.5, 0.6) is 0 Å². The fourth-order valence-electron chi connectivity index (χ4n) is 0.670. The third kappa shape index (κ3) is 1.72. The summed E-state index contributed by atoms with van der Waals surface area (Å²) in [6, 6.07) is 0. The van der Waals surface area contributed by atoms with Crippen molar-refractivity contribution in [2.24, 2.45) is 4.99 Å². The molecule has 0 amide bonds. The third-order valence-corrected chi connectivity index (χ3v) is 1.09. The van der Waals surface area contributed by atoms with Crippen molar-refractivity contribution in [3.63, 3.8) is 0 Å². The summed E-state index contributed by atoms with van der Waals surface area (Å²) in [4.78, 5) is 4.17. The van der Waals surface area contributed by atoms with Crippen molar-refractivity contribution in [1.29, 1.82) is 0 Å². The molecule has 48 valence electrons. The summed E-state index contributed by atoms with van der Waals surface area (Å²) < 4.78 is 0. The molecule has 0 aromatic heterocycles. The van der Waals surface area contributed by atoms with Gasteiger partial charge in [-0.1, -0.05) is 12.2 Å². The first-order valence-corrected chi connectivity index (χ1v) is 2.99. The summed E-state index contributed by atoms with van der Waals surface area (Å²) in [5.41, 5.74) is 0. The highest BCUT2D eigenvalue weighted by Gasteiger charge is 1.96. The van der Waals surface area contributed by atoms with Crippen LogP contribution in [0, 0.1) is 0 Å². The Hall–Kier alpha value is -1.05. The van der Waals surface area contributed by atoms with E-state index in [-0.39, 0.29) is 0 Å². The Morgan fingerprint density at radius 3 is 3.33 bits per heavy atom. The fourth-order valence-corrected chi connectivity index (χ4v) is 0.670. The molecule has 2 nitrogen and oxygen atoms in total. The van der Waals surface area contributed by atoms with Crippen LogP contribution in [0.1, 0.15) is 6.42 Å². The largest absolute Gasteiger partial charge is 0.350 e. The Bertz CT molecular complexity index is 146. The number of rotatable bonds is 2. The van der Waals surface area contributed by atoms with E-state index in [2.05, 4.69) is 16.9 Å². The lowest BCUT2D eigenvalue weighted by atomic mass is 10.4. The van der Waals surface area contributed by atoms with Crippen LogP contribution < -0.4 is 5.32 Å². The molecule has 0 aromatic carbocycles. The minimum absolute atomic E-state index is 0.712. The minimum Gasteiger partial charge on any atom is -0.350 e. The van der Waals surface area contributed by atoms with Gasteiger partial charge in [0.25, 0.3) is 0 Å². The standard InChI is InChI=1S/C7H10N2/c1-2-5-8-7-4-3-6-9-7/h2-3,6H,1,4-5H2,(H,8,9). The number of hydrogen-bond acceptors (Lipinski definition) is 1. The quantitative estimate of drug-likeness (QED) is 0.544. The van der Waals surface area contributed by atoms with Gasteiger partial charge in [0.05, 0.1) is 6.54 Å². The van der Waals surface area contributed by atoms with Crippen LogP contribution in [0.3, 0.4) is 0 Å². The SMILES string of the molecule is C=CCN=C1CC=CN1. The second kappa shape index (κ2) is 3.07. The second-order valence-electron chi connectivity index (χ2n) is 1.83. The Morgan fingerprint density at radius 2 is 2.78 bits per heavy atom. The molecule has 1 aliphatic heterocycles. The highest BCUT2D eigenvalue weighted by atomic mass is 15.0. The van der Waals surface area contributed by atoms with Crippen LogP contribution >= 0.6 is 0 Å². The zero-order chi connectivity index (χ0) is 6.53. The van der Waals surface area contributed by atoms with Gasteiger partial charge >= 0.3 is 0 Å². The van der Waals surface area contributed by atoms with E-state index in [9.17, 15) is 0 Å². The minimum atomic E-state index is 0.712. The molecule has 1 aliphatic rings. The van der Waals surface area contributed by atoms with Gasteiger partial charge in [-0.25, -0.2) is 0 Å². The molecule has 0 bridgehead atoms. The lowest BCUT2D eigenvalue weighted by Gasteiger charge is -1.93. The van der Waals surface area contributed by atoms with Crippen LogP contribution in [0.4, 0.5) is 0 Å². The molecule has 0 fully saturated rings. The van der Waals surface area contributed by atoms with E-state index in [0.717, 1.165) is 12.3 Å². The summed E-state index contributed by atoms with van der Waals surface area (Å²) in [7, 11) is 0. The number of hydrogen-bond donors (Lipinski definition) is 1. The maximum absolute atomic E-state index is 4.17. The molecule has 2 heteroatoms. The monoisotopic (exact) mass is 122 g/mol. The predicted octanol–water partition coefficient (Wildman–Crippen LogP) is 1.08. The molecule has 0 atom stereocenters. The maximum Gasteiger partial charge on any atom is 0.104 e. The topological polar surface area (TPSA) is 24.4 Å². The van der Waals surface area contributed by atoms with Gasteiger partial charge in [0.2, 0.25) is 0 Å². The Balaban J connectivity index is 2.34. The van der Waals surface area contributed by atoms with Crippen LogP contribution in [-0.2, 0) is 0 Å². The van der Waals surface area contributed by atoms with Gasteiger partial charge in [-0.15, -0.1) is 6.58 Å². The zero-order valence-electron chi connectivity index (χ0n) is 5.30. The molecule has 0 saturated carbocycles. The molecule has 1 rings (SSSR count). The van der Waals surface area contributed by atoms with Gasteiger partial charge in [0.1, 0.15) is 5.84 Å². The molecule has 0 aromatic rings. The number of nitrogens with one attached hydrogen (secondary N) is 1. The molecule has 1 N–H and O–H groups in total. The van der Waals surface area contributed by atoms with Crippen molar-refractivity contribution in [2.45, 2.75) is 6.42 Å². The van der Waals surface area contributed by atoms with Crippen LogP contribution in [0.15, 0.2) is 29.9 Å². The first kappa shape index (κ1) is 6.08. The smallest absolute Gasteiger partial charge is 0.104 e. The van der Waals surface area contributed by atoms with E-state index in [0.29, 0.717) is 6.54 Å². The third-order valence-electron chi connectivity index (χ3n) is 1.09. The van der Waals surface area contributed by atoms with Crippen molar-refractivity contribution < 1.29 is 0 Å². The van der Waals surface area contributed by atoms with Gasteiger partial charge in [-0.2, -0.15) is 0 Å². The van der Waals surface area contributed by atoms with Crippen LogP contribution in [-0.4, -0.2) is 12.4 Å². The Labute approximate surface area is 55.0 Å². The number of amidine groups is 1. The lowest BCUT2D eigenvalue weighted by Crippen LogP contribution is -2.10. The van der Waals surface area contributed by atoms with Gasteiger partial charge < -0.3 is 5.32 Å². The molecule has 0 saturated heterocycles. The van der Waals surface area contributed by atoms with E-state index >= 15 is 0 Å². The summed E-state index contributed by atoms with van der Waals surface area (Å²) in [6.45, 7) is 4.28. The maximum atomic E-state index is 4.17. The van der Waals surface area contributed by atoms with Crippen molar-refractivity contribution >= 4 is 5.84 Å². The second-order valence-corrected chi connectivity index (χ2v) is 1.83. The normalized spacial score (nSPS) is 20.2. The van der Waals surface area contributed by atoms with Crippen molar-refractivity contribution in [2.75, 3.05) is 6.54 Å². The van der Waals surface area contributed by atoms with Crippen molar-refractivity contribution in [3.8, 4) is 0 Å². The van der Waals surface area contributed by atoms with Gasteiger partial charge in [0, 0.05) is 6.42 Å². The average molecular weight is 122 g/mol. The predicted molar refractivity (Wildman–Crippen MR) is 39.4 cm³/mol. The first-order chi connectivity index (χ1) is 4.43. The highest BCUT2D eigenvalue weighted by Crippen LogP contribution is 1.93. The van der Waals surface area contributed by atoms with E-state index < -0.39 is 0 Å². The van der Waals surface area contributed by atoms with E-state index in [1.54, 1.807) is 6.08 Å². The van der Waals surface area contributed by atoms with Crippen LogP contribution in [0.2, 0.25) is 0 Å². The summed E-state index contributed by atoms with van der Waals surface area (Å²) in [5.74, 6) is 1.04. The number of nitrogens with zero attached hydrogens (tertiary/aromatic N) is 1. The van der Waals surface area contributed by atoms with Gasteiger partial charge in [-0.3, -0.25) is 4.99 Å². The summed E-state index contributed by atoms with van der Waals surface area (Å²) in [6.07, 6.45) is 6.67. The highest BCUT2D eigenvalue weighted by molar-refractivity contribution is 5.86. The van der Waals surface area contributed by atoms with Gasteiger partial charge in [-0.05, 0) is 6.20 Å². The van der Waals surface area contributed by atoms with Crippen LogP contribution in [0.25, 0.3) is 0 Å². The fraction of sp³-hybridized carbons (Fsp3) is 0.286. The Kier molecular flexibility index (Phi) is 2.07. The molecule has 0 spiro atoms. The molecule has 1 heterocycles. The van der Waals surface area contributed by atoms with Gasteiger partial charge in [0.15, 0.2) is 0 Å². The summed E-state index contributed by atoms with van der Waals surface area (Å²) in [5, 5.41) is 3.01. The molecule has 9 heavy (non-hydrogen) atoms. The van der Waals surface area contributed by atoms with E-state index in [4.69, 9.17) is 0 Å². The molecule has 0 radical (unpaired) electrons. The zero-order valence-corrected chi connectivity index (χ0v) is 5.30. The first-order valence-electron chi connectivity index (χ1n) is 2.99. The average Bonchev–Trinajstić information content (AvgIpc) is 2.34. The molecular formula is C7H10N2. The van der Waals surface area contributed by atoms with Crippen molar-refractivity contribution in [3.05, 3.63) is 24.9 Å². The molecule has 0 aliphatic carbocycles. The van der Waals surface area contributed by atoms with E-state index in [1.165, 1.54) is 0 Å². The molecular weight excluding hydrogens is 112 g/mol. The molecule has 0 unspecified atom stereocenters. The summed E-state index contributed by atoms with van der Waals surface area (Å²) >= 11 is 0. The lowest BCUT2D eigenvalue weighted by molar-refractivity contribution is 1.16. The van der Waals surface area contributed by atoms with Crippen molar-refractivity contribution in [1.82, 2.24) is 5.32 Å². The number of aliphatic imine (C=N–C) groups is 1.